The van der Waals surface area contributed by atoms with Crippen molar-refractivity contribution < 1.29 is 9.47 Å². The van der Waals surface area contributed by atoms with E-state index in [9.17, 15) is 0 Å². The standard InChI is InChI=1S/C12H13ClN2O2/c13-10-2-1-9(6-14)12(5-10)17-8-11-7-15-3-4-16-11/h1-2,5,11,15H,3-4,7-8H2. The molecule has 0 amide bonds. The van der Waals surface area contributed by atoms with Gasteiger partial charge in [-0.1, -0.05) is 11.6 Å². The molecule has 0 bridgehead atoms. The van der Waals surface area contributed by atoms with Gasteiger partial charge < -0.3 is 14.8 Å². The minimum Gasteiger partial charge on any atom is -0.489 e. The van der Waals surface area contributed by atoms with Crippen molar-refractivity contribution in [2.45, 2.75) is 6.10 Å². The predicted molar refractivity (Wildman–Crippen MR) is 64.3 cm³/mol. The lowest BCUT2D eigenvalue weighted by atomic mass is 10.2. The Morgan fingerprint density at radius 3 is 3.18 bits per heavy atom. The van der Waals surface area contributed by atoms with Crippen LogP contribution in [0.25, 0.3) is 0 Å². The molecule has 1 N–H and O–H groups in total. The van der Waals surface area contributed by atoms with Crippen LogP contribution in [0.5, 0.6) is 5.75 Å². The maximum absolute atomic E-state index is 8.93. The zero-order valence-corrected chi connectivity index (χ0v) is 10.0. The van der Waals surface area contributed by atoms with Gasteiger partial charge in [0.15, 0.2) is 0 Å². The van der Waals surface area contributed by atoms with Gasteiger partial charge in [0.25, 0.3) is 0 Å². The molecule has 17 heavy (non-hydrogen) atoms. The van der Waals surface area contributed by atoms with Gasteiger partial charge in [0, 0.05) is 24.2 Å². The number of nitriles is 1. The summed E-state index contributed by atoms with van der Waals surface area (Å²) in [4.78, 5) is 0. The Kier molecular flexibility index (Phi) is 4.21. The van der Waals surface area contributed by atoms with Crippen LogP contribution >= 0.6 is 11.6 Å². The van der Waals surface area contributed by atoms with Gasteiger partial charge in [-0.25, -0.2) is 0 Å². The van der Waals surface area contributed by atoms with E-state index in [1.54, 1.807) is 18.2 Å². The summed E-state index contributed by atoms with van der Waals surface area (Å²) in [5.74, 6) is 0.508. The first-order valence-electron chi connectivity index (χ1n) is 5.44. The Bertz CT molecular complexity index is 425. The molecule has 1 atom stereocenters. The van der Waals surface area contributed by atoms with Gasteiger partial charge in [0.05, 0.1) is 12.2 Å². The van der Waals surface area contributed by atoms with E-state index in [2.05, 4.69) is 11.4 Å². The lowest BCUT2D eigenvalue weighted by Gasteiger charge is -2.23. The summed E-state index contributed by atoms with van der Waals surface area (Å²) in [5, 5.41) is 12.7. The molecule has 1 aliphatic heterocycles. The minimum absolute atomic E-state index is 0.0225. The highest BCUT2D eigenvalue weighted by molar-refractivity contribution is 6.30. The molecule has 0 saturated carbocycles. The number of morpholine rings is 1. The molecular formula is C12H13ClN2O2. The number of hydrogen-bond acceptors (Lipinski definition) is 4. The third-order valence-corrected chi connectivity index (χ3v) is 2.73. The predicted octanol–water partition coefficient (Wildman–Crippen LogP) is 1.58. The lowest BCUT2D eigenvalue weighted by molar-refractivity contribution is 0.000142. The average molecular weight is 253 g/mol. The molecular weight excluding hydrogens is 240 g/mol. The Hall–Kier alpha value is -1.28. The third-order valence-electron chi connectivity index (χ3n) is 2.49. The van der Waals surface area contributed by atoms with Crippen molar-refractivity contribution in [3.05, 3.63) is 28.8 Å². The van der Waals surface area contributed by atoms with Gasteiger partial charge in [-0.2, -0.15) is 5.26 Å². The number of halogens is 1. The van der Waals surface area contributed by atoms with Crippen LogP contribution in [0.1, 0.15) is 5.56 Å². The van der Waals surface area contributed by atoms with Crippen LogP contribution in [0.15, 0.2) is 18.2 Å². The molecule has 1 unspecified atom stereocenters. The van der Waals surface area contributed by atoms with Gasteiger partial charge in [-0.3, -0.25) is 0 Å². The first-order valence-corrected chi connectivity index (χ1v) is 5.82. The second kappa shape index (κ2) is 5.87. The van der Waals surface area contributed by atoms with Crippen molar-refractivity contribution in [3.8, 4) is 11.8 Å². The summed E-state index contributed by atoms with van der Waals surface area (Å²) in [6, 6.07) is 7.04. The molecule has 0 aromatic heterocycles. The smallest absolute Gasteiger partial charge is 0.138 e. The van der Waals surface area contributed by atoms with E-state index in [1.807, 2.05) is 0 Å². The van der Waals surface area contributed by atoms with Gasteiger partial charge in [0.2, 0.25) is 0 Å². The van der Waals surface area contributed by atoms with Crippen LogP contribution < -0.4 is 10.1 Å². The van der Waals surface area contributed by atoms with Crippen molar-refractivity contribution in [1.82, 2.24) is 5.32 Å². The number of nitrogens with one attached hydrogen (secondary N) is 1. The number of hydrogen-bond donors (Lipinski definition) is 1. The van der Waals surface area contributed by atoms with Crippen LogP contribution in [0, 0.1) is 11.3 Å². The summed E-state index contributed by atoms with van der Waals surface area (Å²) < 4.78 is 11.1. The fourth-order valence-corrected chi connectivity index (χ4v) is 1.78. The lowest BCUT2D eigenvalue weighted by Crippen LogP contribution is -2.41. The summed E-state index contributed by atoms with van der Waals surface area (Å²) in [7, 11) is 0. The van der Waals surface area contributed by atoms with Gasteiger partial charge >= 0.3 is 0 Å². The maximum atomic E-state index is 8.93. The Balaban J connectivity index is 1.98. The van der Waals surface area contributed by atoms with Crippen molar-refractivity contribution in [2.75, 3.05) is 26.3 Å². The Labute approximate surface area is 105 Å². The normalized spacial score (nSPS) is 19.6. The molecule has 1 fully saturated rings. The van der Waals surface area contributed by atoms with E-state index in [1.165, 1.54) is 0 Å². The van der Waals surface area contributed by atoms with Gasteiger partial charge in [0.1, 0.15) is 24.5 Å². The second-order valence-electron chi connectivity index (χ2n) is 3.76. The molecule has 1 aromatic carbocycles. The molecule has 0 aliphatic carbocycles. The van der Waals surface area contributed by atoms with Crippen molar-refractivity contribution in [3.63, 3.8) is 0 Å². The van der Waals surface area contributed by atoms with E-state index in [0.29, 0.717) is 29.5 Å². The van der Waals surface area contributed by atoms with E-state index in [4.69, 9.17) is 26.3 Å². The average Bonchev–Trinajstić information content (AvgIpc) is 2.38. The maximum Gasteiger partial charge on any atom is 0.138 e. The minimum atomic E-state index is 0.0225. The molecule has 1 aliphatic rings. The SMILES string of the molecule is N#Cc1ccc(Cl)cc1OCC1CNCCO1. The summed E-state index contributed by atoms with van der Waals surface area (Å²) >= 11 is 5.86. The first-order chi connectivity index (χ1) is 8.29. The van der Waals surface area contributed by atoms with Crippen LogP contribution in [0.3, 0.4) is 0 Å². The Morgan fingerprint density at radius 2 is 2.47 bits per heavy atom. The number of rotatable bonds is 3. The largest absolute Gasteiger partial charge is 0.489 e. The topological polar surface area (TPSA) is 54.3 Å². The van der Waals surface area contributed by atoms with Crippen LogP contribution in [-0.2, 0) is 4.74 Å². The van der Waals surface area contributed by atoms with Crippen molar-refractivity contribution >= 4 is 11.6 Å². The molecule has 1 aromatic rings. The molecule has 1 heterocycles. The van der Waals surface area contributed by atoms with Gasteiger partial charge in [-0.15, -0.1) is 0 Å². The van der Waals surface area contributed by atoms with Crippen LogP contribution in [-0.4, -0.2) is 32.4 Å². The molecule has 2 rings (SSSR count). The van der Waals surface area contributed by atoms with Crippen molar-refractivity contribution in [1.29, 1.82) is 5.26 Å². The number of nitrogens with zero attached hydrogens (tertiary/aromatic N) is 1. The molecule has 4 nitrogen and oxygen atoms in total. The molecule has 0 spiro atoms. The fraction of sp³-hybridized carbons (Fsp3) is 0.417. The van der Waals surface area contributed by atoms with E-state index < -0.39 is 0 Å². The monoisotopic (exact) mass is 252 g/mol. The van der Waals surface area contributed by atoms with Crippen LogP contribution in [0.4, 0.5) is 0 Å². The second-order valence-corrected chi connectivity index (χ2v) is 4.20. The van der Waals surface area contributed by atoms with E-state index >= 15 is 0 Å². The highest BCUT2D eigenvalue weighted by atomic mass is 35.5. The zero-order chi connectivity index (χ0) is 12.1. The Morgan fingerprint density at radius 1 is 1.59 bits per heavy atom. The summed E-state index contributed by atoms with van der Waals surface area (Å²) in [6.45, 7) is 2.75. The van der Waals surface area contributed by atoms with E-state index in [-0.39, 0.29) is 6.10 Å². The number of benzene rings is 1. The first kappa shape index (κ1) is 12.2. The molecule has 90 valence electrons. The quantitative estimate of drug-likeness (QED) is 0.888. The number of ether oxygens (including phenoxy) is 2. The van der Waals surface area contributed by atoms with E-state index in [0.717, 1.165) is 13.1 Å². The van der Waals surface area contributed by atoms with Gasteiger partial charge in [-0.05, 0) is 12.1 Å². The fourth-order valence-electron chi connectivity index (χ4n) is 1.62. The highest BCUT2D eigenvalue weighted by Gasteiger charge is 2.15. The zero-order valence-electron chi connectivity index (χ0n) is 9.28. The third kappa shape index (κ3) is 3.34. The summed E-state index contributed by atoms with van der Waals surface area (Å²) in [6.07, 6.45) is 0.0225. The van der Waals surface area contributed by atoms with Crippen LogP contribution in [0.2, 0.25) is 5.02 Å². The summed E-state index contributed by atoms with van der Waals surface area (Å²) in [5.41, 5.74) is 0.484. The molecule has 1 saturated heterocycles. The molecule has 0 radical (unpaired) electrons. The van der Waals surface area contributed by atoms with Crippen molar-refractivity contribution in [2.24, 2.45) is 0 Å². The highest BCUT2D eigenvalue weighted by Crippen LogP contribution is 2.23. The molecule has 5 heteroatoms.